The number of phenols is 1. The van der Waals surface area contributed by atoms with Crippen LogP contribution >= 0.6 is 0 Å². The van der Waals surface area contributed by atoms with Crippen LogP contribution < -0.4 is 0 Å². The summed E-state index contributed by atoms with van der Waals surface area (Å²) in [5.74, 6) is -0.160. The summed E-state index contributed by atoms with van der Waals surface area (Å²) in [7, 11) is 1.64. The second-order valence-corrected chi connectivity index (χ2v) is 4.29. The van der Waals surface area contributed by atoms with Gasteiger partial charge in [-0.1, -0.05) is 36.4 Å². The van der Waals surface area contributed by atoms with Crippen molar-refractivity contribution in [3.63, 3.8) is 0 Å². The molecular formula is C16H16O3. The predicted octanol–water partition coefficient (Wildman–Crippen LogP) is 2.81. The van der Waals surface area contributed by atoms with Gasteiger partial charge in [0.2, 0.25) is 0 Å². The van der Waals surface area contributed by atoms with Crippen LogP contribution in [0.5, 0.6) is 5.75 Å². The second kappa shape index (κ2) is 6.16. The normalized spacial score (nSPS) is 10.4. The van der Waals surface area contributed by atoms with E-state index in [9.17, 15) is 9.90 Å². The maximum absolute atomic E-state index is 12.3. The molecule has 0 saturated heterocycles. The van der Waals surface area contributed by atoms with Gasteiger partial charge in [-0.05, 0) is 24.1 Å². The van der Waals surface area contributed by atoms with E-state index >= 15 is 0 Å². The van der Waals surface area contributed by atoms with E-state index in [2.05, 4.69) is 0 Å². The third-order valence-electron chi connectivity index (χ3n) is 2.94. The molecule has 3 heteroatoms. The molecule has 0 fully saturated rings. The standard InChI is InChI=1S/C16H16O3/c1-19-10-9-12-7-8-15(17)14(11-12)16(18)13-5-3-2-4-6-13/h2-8,11,17H,9-10H2,1H3. The Kier molecular flexibility index (Phi) is 4.31. The van der Waals surface area contributed by atoms with Gasteiger partial charge in [0.1, 0.15) is 5.75 Å². The van der Waals surface area contributed by atoms with Crippen LogP contribution in [0, 0.1) is 0 Å². The van der Waals surface area contributed by atoms with Crippen LogP contribution in [0.2, 0.25) is 0 Å². The predicted molar refractivity (Wildman–Crippen MR) is 73.6 cm³/mol. The number of phenolic OH excluding ortho intramolecular Hbond substituents is 1. The quantitative estimate of drug-likeness (QED) is 0.837. The largest absolute Gasteiger partial charge is 0.507 e. The minimum absolute atomic E-state index is 0.00928. The number of benzene rings is 2. The maximum atomic E-state index is 12.3. The number of ether oxygens (including phenoxy) is 1. The minimum atomic E-state index is -0.169. The van der Waals surface area contributed by atoms with E-state index in [1.165, 1.54) is 0 Å². The molecule has 1 N–H and O–H groups in total. The third-order valence-corrected chi connectivity index (χ3v) is 2.94. The third kappa shape index (κ3) is 3.20. The van der Waals surface area contributed by atoms with Gasteiger partial charge in [0.25, 0.3) is 0 Å². The van der Waals surface area contributed by atoms with Crippen molar-refractivity contribution in [1.29, 1.82) is 0 Å². The molecule has 0 saturated carbocycles. The van der Waals surface area contributed by atoms with E-state index in [1.807, 2.05) is 6.07 Å². The Hall–Kier alpha value is -2.13. The molecule has 0 bridgehead atoms. The molecule has 2 rings (SSSR count). The van der Waals surface area contributed by atoms with Crippen molar-refractivity contribution in [3.8, 4) is 5.75 Å². The van der Waals surface area contributed by atoms with Crippen LogP contribution in [-0.4, -0.2) is 24.6 Å². The second-order valence-electron chi connectivity index (χ2n) is 4.29. The van der Waals surface area contributed by atoms with Crippen LogP contribution in [0.25, 0.3) is 0 Å². The highest BCUT2D eigenvalue weighted by Crippen LogP contribution is 2.22. The Bertz CT molecular complexity index is 561. The monoisotopic (exact) mass is 256 g/mol. The zero-order valence-corrected chi connectivity index (χ0v) is 10.8. The topological polar surface area (TPSA) is 46.5 Å². The Labute approximate surface area is 112 Å². The van der Waals surface area contributed by atoms with Crippen LogP contribution in [0.4, 0.5) is 0 Å². The molecular weight excluding hydrogens is 240 g/mol. The fraction of sp³-hybridized carbons (Fsp3) is 0.188. The highest BCUT2D eigenvalue weighted by Gasteiger charge is 2.13. The van der Waals surface area contributed by atoms with Crippen molar-refractivity contribution in [3.05, 3.63) is 65.2 Å². The number of hydrogen-bond acceptors (Lipinski definition) is 3. The number of carbonyl (C=O) groups excluding carboxylic acids is 1. The van der Waals surface area contributed by atoms with Gasteiger partial charge < -0.3 is 9.84 Å². The number of ketones is 1. The maximum Gasteiger partial charge on any atom is 0.196 e. The average Bonchev–Trinajstić information content (AvgIpc) is 2.46. The van der Waals surface area contributed by atoms with Gasteiger partial charge in [-0.25, -0.2) is 0 Å². The van der Waals surface area contributed by atoms with Gasteiger partial charge in [-0.3, -0.25) is 4.79 Å². The fourth-order valence-corrected chi connectivity index (χ4v) is 1.89. The zero-order chi connectivity index (χ0) is 13.7. The van der Waals surface area contributed by atoms with E-state index in [4.69, 9.17) is 4.74 Å². The summed E-state index contributed by atoms with van der Waals surface area (Å²) in [4.78, 5) is 12.3. The molecule has 2 aromatic carbocycles. The molecule has 3 nitrogen and oxygen atoms in total. The Morgan fingerprint density at radius 2 is 1.89 bits per heavy atom. The summed E-state index contributed by atoms with van der Waals surface area (Å²) in [6.45, 7) is 0.587. The summed E-state index contributed by atoms with van der Waals surface area (Å²) in [6.07, 6.45) is 0.714. The molecule has 0 atom stereocenters. The molecule has 0 aliphatic heterocycles. The SMILES string of the molecule is COCCc1ccc(O)c(C(=O)c2ccccc2)c1. The molecule has 0 heterocycles. The average molecular weight is 256 g/mol. The van der Waals surface area contributed by atoms with Gasteiger partial charge in [0, 0.05) is 12.7 Å². The summed E-state index contributed by atoms with van der Waals surface area (Å²) >= 11 is 0. The van der Waals surface area contributed by atoms with Gasteiger partial charge in [0.05, 0.1) is 12.2 Å². The first-order chi connectivity index (χ1) is 9.22. The van der Waals surface area contributed by atoms with Crippen molar-refractivity contribution in [2.75, 3.05) is 13.7 Å². The lowest BCUT2D eigenvalue weighted by Crippen LogP contribution is -2.03. The van der Waals surface area contributed by atoms with Crippen LogP contribution in [0.3, 0.4) is 0 Å². The number of aromatic hydroxyl groups is 1. The van der Waals surface area contributed by atoms with Crippen molar-refractivity contribution >= 4 is 5.78 Å². The van der Waals surface area contributed by atoms with E-state index in [0.29, 0.717) is 24.2 Å². The molecule has 98 valence electrons. The molecule has 0 radical (unpaired) electrons. The summed E-state index contributed by atoms with van der Waals surface area (Å²) < 4.78 is 5.01. The molecule has 0 aliphatic carbocycles. The summed E-state index contributed by atoms with van der Waals surface area (Å²) in [5, 5.41) is 9.84. The number of rotatable bonds is 5. The number of methoxy groups -OCH3 is 1. The minimum Gasteiger partial charge on any atom is -0.507 e. The first-order valence-corrected chi connectivity index (χ1v) is 6.13. The molecule has 2 aromatic rings. The van der Waals surface area contributed by atoms with Crippen molar-refractivity contribution < 1.29 is 14.6 Å². The van der Waals surface area contributed by atoms with Gasteiger partial charge >= 0.3 is 0 Å². The molecule has 0 aromatic heterocycles. The molecule has 0 aliphatic rings. The zero-order valence-electron chi connectivity index (χ0n) is 10.8. The summed E-state index contributed by atoms with van der Waals surface area (Å²) in [6, 6.07) is 14.0. The molecule has 0 unspecified atom stereocenters. The van der Waals surface area contributed by atoms with Crippen molar-refractivity contribution in [2.24, 2.45) is 0 Å². The molecule has 0 spiro atoms. The molecule has 19 heavy (non-hydrogen) atoms. The summed E-state index contributed by atoms with van der Waals surface area (Å²) in [5.41, 5.74) is 1.88. The highest BCUT2D eigenvalue weighted by atomic mass is 16.5. The van der Waals surface area contributed by atoms with Gasteiger partial charge in [-0.15, -0.1) is 0 Å². The van der Waals surface area contributed by atoms with Crippen molar-refractivity contribution in [1.82, 2.24) is 0 Å². The lowest BCUT2D eigenvalue weighted by Gasteiger charge is -2.07. The Morgan fingerprint density at radius 1 is 1.16 bits per heavy atom. The van der Waals surface area contributed by atoms with Crippen molar-refractivity contribution in [2.45, 2.75) is 6.42 Å². The Morgan fingerprint density at radius 3 is 2.58 bits per heavy atom. The van der Waals surface area contributed by atoms with Gasteiger partial charge in [-0.2, -0.15) is 0 Å². The van der Waals surface area contributed by atoms with E-state index in [-0.39, 0.29) is 11.5 Å². The number of carbonyl (C=O) groups is 1. The first-order valence-electron chi connectivity index (χ1n) is 6.13. The smallest absolute Gasteiger partial charge is 0.196 e. The van der Waals surface area contributed by atoms with E-state index in [0.717, 1.165) is 5.56 Å². The van der Waals surface area contributed by atoms with Crippen LogP contribution in [0.15, 0.2) is 48.5 Å². The molecule has 0 amide bonds. The van der Waals surface area contributed by atoms with Crippen LogP contribution in [0.1, 0.15) is 21.5 Å². The Balaban J connectivity index is 2.30. The lowest BCUT2D eigenvalue weighted by molar-refractivity contribution is 0.103. The van der Waals surface area contributed by atoms with E-state index in [1.54, 1.807) is 49.6 Å². The fourth-order valence-electron chi connectivity index (χ4n) is 1.89. The lowest BCUT2D eigenvalue weighted by atomic mass is 9.99. The first kappa shape index (κ1) is 13.3. The number of hydrogen-bond donors (Lipinski definition) is 1. The van der Waals surface area contributed by atoms with E-state index < -0.39 is 0 Å². The van der Waals surface area contributed by atoms with Crippen LogP contribution in [-0.2, 0) is 11.2 Å². The van der Waals surface area contributed by atoms with Gasteiger partial charge in [0.15, 0.2) is 5.78 Å². The highest BCUT2D eigenvalue weighted by molar-refractivity contribution is 6.10.